The van der Waals surface area contributed by atoms with E-state index in [4.69, 9.17) is 0 Å². The minimum Gasteiger partial charge on any atom is -0.370 e. The number of nitrogens with one attached hydrogen (secondary N) is 1. The van der Waals surface area contributed by atoms with E-state index in [2.05, 4.69) is 62.3 Å². The molecular weight excluding hydrogens is 220 g/mol. The number of hydrogen-bond acceptors (Lipinski definition) is 2. The van der Waals surface area contributed by atoms with Gasteiger partial charge in [-0.2, -0.15) is 0 Å². The monoisotopic (exact) mass is 246 g/mol. The van der Waals surface area contributed by atoms with E-state index in [1.807, 2.05) is 0 Å². The van der Waals surface area contributed by atoms with Crippen molar-refractivity contribution in [2.75, 3.05) is 25.0 Å². The average Bonchev–Trinajstić information content (AvgIpc) is 2.38. The van der Waals surface area contributed by atoms with Gasteiger partial charge in [-0.3, -0.25) is 0 Å². The zero-order valence-electron chi connectivity index (χ0n) is 12.2. The summed E-state index contributed by atoms with van der Waals surface area (Å²) in [7, 11) is 2.08. The highest BCUT2D eigenvalue weighted by Crippen LogP contribution is 2.33. The molecule has 1 fully saturated rings. The van der Waals surface area contributed by atoms with Crippen molar-refractivity contribution in [2.45, 2.75) is 39.7 Å². The third-order valence-electron chi connectivity index (χ3n) is 4.43. The number of benzene rings is 1. The predicted octanol–water partition coefficient (Wildman–Crippen LogP) is 3.07. The summed E-state index contributed by atoms with van der Waals surface area (Å²) in [4.78, 5) is 2.55. The number of hydrogen-bond donors (Lipinski definition) is 1. The molecule has 2 rings (SSSR count). The number of rotatable bonds is 3. The van der Waals surface area contributed by atoms with E-state index in [1.165, 1.54) is 24.2 Å². The summed E-state index contributed by atoms with van der Waals surface area (Å²) in [5.41, 5.74) is 3.29. The summed E-state index contributed by atoms with van der Waals surface area (Å²) < 4.78 is 0. The first kappa shape index (κ1) is 13.4. The van der Waals surface area contributed by atoms with Crippen LogP contribution in [-0.4, -0.2) is 26.2 Å². The molecule has 0 saturated carbocycles. The van der Waals surface area contributed by atoms with Gasteiger partial charge in [0.15, 0.2) is 0 Å². The Morgan fingerprint density at radius 3 is 2.72 bits per heavy atom. The first-order valence-corrected chi connectivity index (χ1v) is 7.08. The number of aryl methyl sites for hydroxylation is 1. The second-order valence-electron chi connectivity index (χ2n) is 6.01. The first-order valence-electron chi connectivity index (χ1n) is 7.08. The lowest BCUT2D eigenvalue weighted by Gasteiger charge is -2.45. The Morgan fingerprint density at radius 1 is 1.33 bits per heavy atom. The minimum absolute atomic E-state index is 0.395. The van der Waals surface area contributed by atoms with Gasteiger partial charge < -0.3 is 10.2 Å². The van der Waals surface area contributed by atoms with Crippen LogP contribution in [0.15, 0.2) is 24.3 Å². The molecule has 1 unspecified atom stereocenters. The average molecular weight is 246 g/mol. The lowest BCUT2D eigenvalue weighted by Crippen LogP contribution is -2.54. The molecule has 2 heteroatoms. The van der Waals surface area contributed by atoms with Gasteiger partial charge in [-0.05, 0) is 36.9 Å². The fraction of sp³-hybridized carbons (Fsp3) is 0.625. The van der Waals surface area contributed by atoms with Gasteiger partial charge in [0.05, 0.1) is 0 Å². The SMILES string of the molecule is CCc1ccccc1N1CCC(C)(C)C(NC)C1. The topological polar surface area (TPSA) is 15.3 Å². The number of para-hydroxylation sites is 1. The molecule has 1 aromatic rings. The van der Waals surface area contributed by atoms with Crippen LogP contribution < -0.4 is 10.2 Å². The smallest absolute Gasteiger partial charge is 0.0399 e. The van der Waals surface area contributed by atoms with Crippen LogP contribution in [-0.2, 0) is 6.42 Å². The van der Waals surface area contributed by atoms with Gasteiger partial charge in [-0.15, -0.1) is 0 Å². The molecule has 0 aliphatic carbocycles. The summed E-state index contributed by atoms with van der Waals surface area (Å²) in [5.74, 6) is 0. The van der Waals surface area contributed by atoms with Crippen LogP contribution in [0.2, 0.25) is 0 Å². The largest absolute Gasteiger partial charge is 0.370 e. The molecule has 1 atom stereocenters. The van der Waals surface area contributed by atoms with Crippen molar-refractivity contribution in [3.05, 3.63) is 29.8 Å². The molecule has 1 N–H and O–H groups in total. The fourth-order valence-electron chi connectivity index (χ4n) is 2.98. The Bertz CT molecular complexity index is 398. The van der Waals surface area contributed by atoms with E-state index in [0.29, 0.717) is 11.5 Å². The van der Waals surface area contributed by atoms with E-state index in [0.717, 1.165) is 13.0 Å². The highest BCUT2D eigenvalue weighted by atomic mass is 15.2. The van der Waals surface area contributed by atoms with E-state index in [1.54, 1.807) is 0 Å². The van der Waals surface area contributed by atoms with Crippen LogP contribution in [0.1, 0.15) is 32.8 Å². The third kappa shape index (κ3) is 2.54. The molecule has 0 spiro atoms. The zero-order valence-corrected chi connectivity index (χ0v) is 12.2. The van der Waals surface area contributed by atoms with E-state index < -0.39 is 0 Å². The van der Waals surface area contributed by atoms with Crippen molar-refractivity contribution in [3.8, 4) is 0 Å². The molecule has 100 valence electrons. The maximum Gasteiger partial charge on any atom is 0.0399 e. The van der Waals surface area contributed by atoms with Crippen LogP contribution in [0.25, 0.3) is 0 Å². The molecule has 0 amide bonds. The molecule has 1 aliphatic rings. The second kappa shape index (κ2) is 5.31. The maximum atomic E-state index is 3.49. The van der Waals surface area contributed by atoms with Crippen molar-refractivity contribution in [1.82, 2.24) is 5.32 Å². The van der Waals surface area contributed by atoms with Gasteiger partial charge in [0.2, 0.25) is 0 Å². The Labute approximate surface area is 111 Å². The number of nitrogens with zero attached hydrogens (tertiary/aromatic N) is 1. The Kier molecular flexibility index (Phi) is 3.96. The second-order valence-corrected chi connectivity index (χ2v) is 6.01. The predicted molar refractivity (Wildman–Crippen MR) is 79.3 cm³/mol. The van der Waals surface area contributed by atoms with Gasteiger partial charge in [0.25, 0.3) is 0 Å². The van der Waals surface area contributed by atoms with Gasteiger partial charge in [0.1, 0.15) is 0 Å². The molecule has 1 saturated heterocycles. The summed E-state index contributed by atoms with van der Waals surface area (Å²) >= 11 is 0. The Balaban J connectivity index is 2.20. The Hall–Kier alpha value is -1.02. The number of anilines is 1. The van der Waals surface area contributed by atoms with Gasteiger partial charge >= 0.3 is 0 Å². The maximum absolute atomic E-state index is 3.49. The third-order valence-corrected chi connectivity index (χ3v) is 4.43. The van der Waals surface area contributed by atoms with Crippen LogP contribution >= 0.6 is 0 Å². The quantitative estimate of drug-likeness (QED) is 0.881. The van der Waals surface area contributed by atoms with Crippen molar-refractivity contribution in [2.24, 2.45) is 5.41 Å². The van der Waals surface area contributed by atoms with Crippen molar-refractivity contribution < 1.29 is 0 Å². The van der Waals surface area contributed by atoms with E-state index in [9.17, 15) is 0 Å². The van der Waals surface area contributed by atoms with Gasteiger partial charge in [-0.25, -0.2) is 0 Å². The molecule has 0 bridgehead atoms. The minimum atomic E-state index is 0.395. The van der Waals surface area contributed by atoms with Crippen LogP contribution in [0.5, 0.6) is 0 Å². The molecule has 0 aromatic heterocycles. The van der Waals surface area contributed by atoms with Crippen LogP contribution in [0.4, 0.5) is 5.69 Å². The fourth-order valence-corrected chi connectivity index (χ4v) is 2.98. The van der Waals surface area contributed by atoms with Crippen LogP contribution in [0.3, 0.4) is 0 Å². The normalized spacial score (nSPS) is 23.1. The summed E-state index contributed by atoms with van der Waals surface area (Å²) in [6.07, 6.45) is 2.36. The molecule has 1 aromatic carbocycles. The summed E-state index contributed by atoms with van der Waals surface area (Å²) in [6, 6.07) is 9.39. The molecule has 1 aliphatic heterocycles. The zero-order chi connectivity index (χ0) is 13.2. The van der Waals surface area contributed by atoms with E-state index in [-0.39, 0.29) is 0 Å². The Morgan fingerprint density at radius 2 is 2.06 bits per heavy atom. The van der Waals surface area contributed by atoms with Crippen molar-refractivity contribution in [3.63, 3.8) is 0 Å². The molecule has 0 radical (unpaired) electrons. The summed E-state index contributed by atoms with van der Waals surface area (Å²) in [6.45, 7) is 9.26. The lowest BCUT2D eigenvalue weighted by atomic mass is 9.78. The molecule has 18 heavy (non-hydrogen) atoms. The highest BCUT2D eigenvalue weighted by molar-refractivity contribution is 5.54. The van der Waals surface area contributed by atoms with Crippen molar-refractivity contribution >= 4 is 5.69 Å². The van der Waals surface area contributed by atoms with Gasteiger partial charge in [0, 0.05) is 24.8 Å². The molecular formula is C16H26N2. The first-order chi connectivity index (χ1) is 8.58. The standard InChI is InChI=1S/C16H26N2/c1-5-13-8-6-7-9-14(13)18-11-10-16(2,3)15(12-18)17-4/h6-9,15,17H,5,10-12H2,1-4H3. The molecule has 1 heterocycles. The van der Waals surface area contributed by atoms with Crippen molar-refractivity contribution in [1.29, 1.82) is 0 Å². The van der Waals surface area contributed by atoms with E-state index >= 15 is 0 Å². The number of piperidine rings is 1. The lowest BCUT2D eigenvalue weighted by molar-refractivity contribution is 0.208. The van der Waals surface area contributed by atoms with Crippen LogP contribution in [0, 0.1) is 5.41 Å². The molecule has 2 nitrogen and oxygen atoms in total. The highest BCUT2D eigenvalue weighted by Gasteiger charge is 2.34. The number of likely N-dealkylation sites (N-methyl/N-ethyl adjacent to an activating group) is 1. The van der Waals surface area contributed by atoms with Gasteiger partial charge in [-0.1, -0.05) is 39.0 Å². The summed E-state index contributed by atoms with van der Waals surface area (Å²) in [5, 5.41) is 3.49.